The molecule has 0 spiro atoms. The van der Waals surface area contributed by atoms with Gasteiger partial charge in [-0.3, -0.25) is 0 Å². The molecule has 1 aliphatic carbocycles. The Morgan fingerprint density at radius 2 is 0.816 bits per heavy atom. The van der Waals surface area contributed by atoms with E-state index >= 15 is 0 Å². The molecule has 4 heteroatoms. The van der Waals surface area contributed by atoms with Gasteiger partial charge in [0.15, 0.2) is 17.5 Å². The normalized spacial score (nSPS) is 13.0. The van der Waals surface area contributed by atoms with E-state index in [2.05, 4.69) is 114 Å². The topological polar surface area (TPSA) is 43.6 Å². The second-order valence-electron chi connectivity index (χ2n) is 12.4. The standard InChI is InChI=1S/C45H32N4/c1-4-12-34(13-5-1)43-46-44(35-14-6-2-7-15-35)48-45(47-43)36-26-24-32(25-27-36)31-20-22-33(23-21-31)37-28-29-42-40(30-37)39-18-10-11-19-41(39)49(42)38-16-8-3-9-17-38/h1-20,22,24-30H,21,23H2. The number of hydrogen-bond donors (Lipinski definition) is 0. The molecule has 0 fully saturated rings. The predicted octanol–water partition coefficient (Wildman–Crippen LogP) is 11.2. The van der Waals surface area contributed by atoms with Crippen molar-refractivity contribution in [3.05, 3.63) is 181 Å². The maximum Gasteiger partial charge on any atom is 0.164 e. The Labute approximate surface area is 285 Å². The molecule has 0 saturated heterocycles. The summed E-state index contributed by atoms with van der Waals surface area (Å²) in [5.74, 6) is 2.01. The lowest BCUT2D eigenvalue weighted by atomic mass is 9.89. The fraction of sp³-hybridized carbons (Fsp3) is 0.0444. The average Bonchev–Trinajstić information content (AvgIpc) is 3.52. The molecule has 0 amide bonds. The number of allylic oxidation sites excluding steroid dienone is 4. The van der Waals surface area contributed by atoms with E-state index in [0.717, 1.165) is 29.5 Å². The highest BCUT2D eigenvalue weighted by atomic mass is 15.0. The molecule has 2 aromatic heterocycles. The zero-order valence-electron chi connectivity index (χ0n) is 26.9. The van der Waals surface area contributed by atoms with Crippen LogP contribution < -0.4 is 0 Å². The van der Waals surface area contributed by atoms with Crippen LogP contribution in [0.4, 0.5) is 0 Å². The van der Waals surface area contributed by atoms with Crippen LogP contribution in [0.5, 0.6) is 0 Å². The minimum absolute atomic E-state index is 0.670. The van der Waals surface area contributed by atoms with E-state index in [-0.39, 0.29) is 0 Å². The van der Waals surface area contributed by atoms with Gasteiger partial charge in [0.05, 0.1) is 11.0 Å². The molecule has 0 aliphatic heterocycles. The van der Waals surface area contributed by atoms with Gasteiger partial charge in [0.25, 0.3) is 0 Å². The maximum atomic E-state index is 4.90. The number of aromatic nitrogens is 4. The Bertz CT molecular complexity index is 2450. The number of nitrogens with zero attached hydrogens (tertiary/aromatic N) is 4. The van der Waals surface area contributed by atoms with Crippen molar-refractivity contribution in [2.45, 2.75) is 12.8 Å². The van der Waals surface area contributed by atoms with Crippen molar-refractivity contribution >= 4 is 33.0 Å². The third-order valence-electron chi connectivity index (χ3n) is 9.42. The van der Waals surface area contributed by atoms with E-state index in [0.29, 0.717) is 17.5 Å². The van der Waals surface area contributed by atoms with E-state index in [4.69, 9.17) is 15.0 Å². The molecular weight excluding hydrogens is 597 g/mol. The summed E-state index contributed by atoms with van der Waals surface area (Å²) >= 11 is 0. The first kappa shape index (κ1) is 28.8. The first-order chi connectivity index (χ1) is 24.3. The van der Waals surface area contributed by atoms with Gasteiger partial charge in [0, 0.05) is 33.2 Å². The summed E-state index contributed by atoms with van der Waals surface area (Å²) in [4.78, 5) is 14.6. The lowest BCUT2D eigenvalue weighted by molar-refractivity contribution is 1.07. The molecule has 2 heterocycles. The lowest BCUT2D eigenvalue weighted by Crippen LogP contribution is -2.00. The van der Waals surface area contributed by atoms with Crippen LogP contribution >= 0.6 is 0 Å². The molecular formula is C45H32N4. The second kappa shape index (κ2) is 12.3. The molecule has 0 unspecified atom stereocenters. The first-order valence-corrected chi connectivity index (χ1v) is 16.7. The zero-order chi connectivity index (χ0) is 32.6. The van der Waals surface area contributed by atoms with Gasteiger partial charge in [-0.15, -0.1) is 0 Å². The molecule has 0 radical (unpaired) electrons. The Kier molecular flexibility index (Phi) is 7.25. The summed E-state index contributed by atoms with van der Waals surface area (Å²) in [5, 5.41) is 2.56. The van der Waals surface area contributed by atoms with Crippen LogP contribution in [0.3, 0.4) is 0 Å². The van der Waals surface area contributed by atoms with Crippen LogP contribution in [0.1, 0.15) is 24.0 Å². The summed E-state index contributed by atoms with van der Waals surface area (Å²) in [6, 6.07) is 55.1. The summed E-state index contributed by atoms with van der Waals surface area (Å²) in [7, 11) is 0. The fourth-order valence-electron chi connectivity index (χ4n) is 6.92. The van der Waals surface area contributed by atoms with Crippen molar-refractivity contribution in [1.82, 2.24) is 19.5 Å². The van der Waals surface area contributed by atoms with Gasteiger partial charge in [-0.1, -0.05) is 140 Å². The van der Waals surface area contributed by atoms with Crippen LogP contribution in [-0.2, 0) is 0 Å². The lowest BCUT2D eigenvalue weighted by Gasteiger charge is -2.16. The molecule has 232 valence electrons. The number of para-hydroxylation sites is 2. The van der Waals surface area contributed by atoms with E-state index in [1.54, 1.807) is 0 Å². The largest absolute Gasteiger partial charge is 0.309 e. The van der Waals surface area contributed by atoms with Gasteiger partial charge in [-0.25, -0.2) is 15.0 Å². The fourth-order valence-corrected chi connectivity index (χ4v) is 6.92. The van der Waals surface area contributed by atoms with Crippen molar-refractivity contribution in [2.75, 3.05) is 0 Å². The molecule has 0 saturated carbocycles. The number of rotatable bonds is 6. The molecule has 0 atom stereocenters. The Morgan fingerprint density at radius 1 is 0.367 bits per heavy atom. The third kappa shape index (κ3) is 5.43. The van der Waals surface area contributed by atoms with Crippen molar-refractivity contribution in [3.63, 3.8) is 0 Å². The minimum Gasteiger partial charge on any atom is -0.309 e. The van der Waals surface area contributed by atoms with E-state index in [1.165, 1.54) is 49.8 Å². The van der Waals surface area contributed by atoms with E-state index in [9.17, 15) is 0 Å². The van der Waals surface area contributed by atoms with Gasteiger partial charge in [0.1, 0.15) is 0 Å². The summed E-state index contributed by atoms with van der Waals surface area (Å²) in [6.45, 7) is 0. The van der Waals surface area contributed by atoms with Crippen LogP contribution in [0.15, 0.2) is 170 Å². The monoisotopic (exact) mass is 628 g/mol. The quantitative estimate of drug-likeness (QED) is 0.184. The average molecular weight is 629 g/mol. The number of fused-ring (bicyclic) bond motifs is 3. The molecule has 49 heavy (non-hydrogen) atoms. The number of hydrogen-bond acceptors (Lipinski definition) is 3. The molecule has 1 aliphatic rings. The van der Waals surface area contributed by atoms with E-state index in [1.807, 2.05) is 60.7 Å². The summed E-state index contributed by atoms with van der Waals surface area (Å²) in [6.07, 6.45) is 6.56. The number of benzene rings is 6. The van der Waals surface area contributed by atoms with Crippen molar-refractivity contribution in [2.24, 2.45) is 0 Å². The molecule has 6 aromatic carbocycles. The second-order valence-corrected chi connectivity index (χ2v) is 12.4. The van der Waals surface area contributed by atoms with Crippen molar-refractivity contribution < 1.29 is 0 Å². The van der Waals surface area contributed by atoms with E-state index < -0.39 is 0 Å². The molecule has 8 aromatic rings. The van der Waals surface area contributed by atoms with Crippen molar-refractivity contribution in [3.8, 4) is 39.9 Å². The molecule has 4 nitrogen and oxygen atoms in total. The minimum atomic E-state index is 0.670. The maximum absolute atomic E-state index is 4.90. The van der Waals surface area contributed by atoms with Gasteiger partial charge in [0.2, 0.25) is 0 Å². The highest BCUT2D eigenvalue weighted by Crippen LogP contribution is 2.37. The highest BCUT2D eigenvalue weighted by Gasteiger charge is 2.16. The van der Waals surface area contributed by atoms with Gasteiger partial charge in [-0.05, 0) is 65.4 Å². The Hall–Kier alpha value is -6.39. The zero-order valence-corrected chi connectivity index (χ0v) is 26.9. The predicted molar refractivity (Wildman–Crippen MR) is 202 cm³/mol. The molecule has 0 N–H and O–H groups in total. The Morgan fingerprint density at radius 3 is 1.41 bits per heavy atom. The SMILES string of the molecule is C1=C(c2ccc(-c3nc(-c4ccccc4)nc(-c4ccccc4)n3)cc2)CCC(c2ccc3c(c2)c2ccccc2n3-c2ccccc2)=C1. The summed E-state index contributed by atoms with van der Waals surface area (Å²) < 4.78 is 2.37. The van der Waals surface area contributed by atoms with Gasteiger partial charge < -0.3 is 4.57 Å². The third-order valence-corrected chi connectivity index (χ3v) is 9.42. The van der Waals surface area contributed by atoms with Crippen LogP contribution in [0.25, 0.3) is 72.8 Å². The van der Waals surface area contributed by atoms with Gasteiger partial charge >= 0.3 is 0 Å². The molecule has 9 rings (SSSR count). The molecule has 0 bridgehead atoms. The van der Waals surface area contributed by atoms with Crippen LogP contribution in [0.2, 0.25) is 0 Å². The Balaban J connectivity index is 1.03. The van der Waals surface area contributed by atoms with Crippen molar-refractivity contribution in [1.29, 1.82) is 0 Å². The highest BCUT2D eigenvalue weighted by molar-refractivity contribution is 6.10. The van der Waals surface area contributed by atoms with Crippen LogP contribution in [0, 0.1) is 0 Å². The van der Waals surface area contributed by atoms with Crippen LogP contribution in [-0.4, -0.2) is 19.5 Å². The van der Waals surface area contributed by atoms with Gasteiger partial charge in [-0.2, -0.15) is 0 Å². The summed E-state index contributed by atoms with van der Waals surface area (Å²) in [5.41, 5.74) is 11.8. The smallest absolute Gasteiger partial charge is 0.164 e. The first-order valence-electron chi connectivity index (χ1n) is 16.7.